The minimum Gasteiger partial charge on any atom is -0.406 e. The van der Waals surface area contributed by atoms with Gasteiger partial charge in [0.1, 0.15) is 23.1 Å². The molecular weight excluding hydrogens is 766 g/mol. The second-order valence-electron chi connectivity index (χ2n) is 15.3. The lowest BCUT2D eigenvalue weighted by Crippen LogP contribution is -2.49. The molecule has 2 aromatic heterocycles. The second-order valence-corrected chi connectivity index (χ2v) is 15.3. The molecule has 2 aliphatic rings. The average Bonchev–Trinajstić information content (AvgIpc) is 3.14. The first-order chi connectivity index (χ1) is 27.2. The van der Waals surface area contributed by atoms with E-state index < -0.39 is 12.7 Å². The highest BCUT2D eigenvalue weighted by Gasteiger charge is 2.33. The molecule has 0 unspecified atom stereocenters. The molecule has 0 spiro atoms. The van der Waals surface area contributed by atoms with Crippen LogP contribution >= 0.6 is 0 Å². The van der Waals surface area contributed by atoms with Gasteiger partial charge in [-0.05, 0) is 97.9 Å². The van der Waals surface area contributed by atoms with Crippen molar-refractivity contribution in [2.45, 2.75) is 117 Å². The molecule has 6 rings (SSSR count). The molecule has 2 aliphatic heterocycles. The Morgan fingerprint density at radius 2 is 0.948 bits per heavy atom. The molecule has 2 saturated heterocycles. The Labute approximate surface area is 334 Å². The van der Waals surface area contributed by atoms with Gasteiger partial charge in [0.15, 0.2) is 0 Å². The van der Waals surface area contributed by atoms with E-state index in [1.807, 2.05) is 53.7 Å². The van der Waals surface area contributed by atoms with Crippen LogP contribution in [0, 0.1) is 0 Å². The van der Waals surface area contributed by atoms with E-state index >= 15 is 0 Å². The van der Waals surface area contributed by atoms with Gasteiger partial charge in [-0.1, -0.05) is 39.8 Å². The van der Waals surface area contributed by atoms with Crippen molar-refractivity contribution in [3.8, 4) is 11.5 Å². The van der Waals surface area contributed by atoms with Crippen molar-refractivity contribution in [2.75, 3.05) is 13.1 Å². The van der Waals surface area contributed by atoms with E-state index in [1.165, 1.54) is 49.1 Å². The Bertz CT molecular complexity index is 1880. The van der Waals surface area contributed by atoms with Gasteiger partial charge in [-0.3, -0.25) is 9.59 Å². The summed E-state index contributed by atoms with van der Waals surface area (Å²) in [6, 6.07) is 9.83. The fourth-order valence-corrected chi connectivity index (χ4v) is 6.38. The smallest absolute Gasteiger partial charge is 0.406 e. The quantitative estimate of drug-likeness (QED) is 0.130. The molecule has 58 heavy (non-hydrogen) atoms. The van der Waals surface area contributed by atoms with Crippen LogP contribution in [-0.2, 0) is 25.7 Å². The van der Waals surface area contributed by atoms with Crippen molar-refractivity contribution in [1.29, 1.82) is 0 Å². The maximum Gasteiger partial charge on any atom is 0.573 e. The molecule has 4 heterocycles. The molecular formula is C42H48F6N6O4. The average molecular weight is 815 g/mol. The number of carbonyl (C=O) groups is 2. The zero-order valence-corrected chi connectivity index (χ0v) is 33.3. The predicted molar refractivity (Wildman–Crippen MR) is 204 cm³/mol. The number of rotatable bonds is 12. The number of hydrogen-bond donors (Lipinski definition) is 0. The van der Waals surface area contributed by atoms with Gasteiger partial charge in [0, 0.05) is 62.8 Å². The number of halogens is 6. The molecule has 0 radical (unpaired) electrons. The highest BCUT2D eigenvalue weighted by molar-refractivity contribution is 5.94. The van der Waals surface area contributed by atoms with Crippen LogP contribution in [-0.4, -0.2) is 79.4 Å². The van der Waals surface area contributed by atoms with E-state index in [1.54, 1.807) is 9.80 Å². The molecule has 0 saturated carbocycles. The lowest BCUT2D eigenvalue weighted by molar-refractivity contribution is -0.275. The third-order valence-corrected chi connectivity index (χ3v) is 10.1. The van der Waals surface area contributed by atoms with E-state index in [0.717, 1.165) is 37.1 Å². The highest BCUT2D eigenvalue weighted by Crippen LogP contribution is 2.30. The number of benzene rings is 2. The standard InChI is InChI=1S/2C21H24F3N3O2/c2*1-13(2)16-8-15(9-18(10-16)29-21(22,23)24)4-5-19-25-11-17(12-26-19)20(28)27-7-6-14(27)3/h2*8-14H,4-7H2,1-3H3/t2*14-/m10/s1. The van der Waals surface area contributed by atoms with Crippen LogP contribution in [0.5, 0.6) is 11.5 Å². The first kappa shape index (κ1) is 43.8. The van der Waals surface area contributed by atoms with E-state index in [0.29, 0.717) is 59.6 Å². The normalized spacial score (nSPS) is 16.7. The molecule has 2 fully saturated rings. The van der Waals surface area contributed by atoms with Gasteiger partial charge < -0.3 is 19.3 Å². The number of ether oxygens (including phenoxy) is 2. The van der Waals surface area contributed by atoms with E-state index in [9.17, 15) is 35.9 Å². The first-order valence-electron chi connectivity index (χ1n) is 19.3. The monoisotopic (exact) mass is 814 g/mol. The summed E-state index contributed by atoms with van der Waals surface area (Å²) in [6.07, 6.45) is 0.409. The Morgan fingerprint density at radius 1 is 0.603 bits per heavy atom. The molecule has 2 atom stereocenters. The molecule has 0 N–H and O–H groups in total. The second kappa shape index (κ2) is 18.5. The van der Waals surface area contributed by atoms with Crippen molar-refractivity contribution >= 4 is 11.8 Å². The van der Waals surface area contributed by atoms with Crippen molar-refractivity contribution < 1.29 is 45.4 Å². The fourth-order valence-electron chi connectivity index (χ4n) is 6.38. The number of aryl methyl sites for hydroxylation is 4. The molecule has 0 bridgehead atoms. The number of nitrogens with zero attached hydrogens (tertiary/aromatic N) is 6. The van der Waals surface area contributed by atoms with Crippen molar-refractivity contribution in [3.63, 3.8) is 0 Å². The fraction of sp³-hybridized carbons (Fsp3) is 0.476. The summed E-state index contributed by atoms with van der Waals surface area (Å²) in [7, 11) is 0. The number of amides is 2. The van der Waals surface area contributed by atoms with Gasteiger partial charge >= 0.3 is 12.7 Å². The summed E-state index contributed by atoms with van der Waals surface area (Å²) in [4.78, 5) is 45.2. The van der Waals surface area contributed by atoms with Crippen LogP contribution in [0.2, 0.25) is 0 Å². The van der Waals surface area contributed by atoms with Crippen molar-refractivity contribution in [3.05, 3.63) is 106 Å². The minimum absolute atomic E-state index is 0.0657. The summed E-state index contributed by atoms with van der Waals surface area (Å²) >= 11 is 0. The molecule has 2 aromatic carbocycles. The summed E-state index contributed by atoms with van der Waals surface area (Å²) in [5.41, 5.74) is 3.87. The summed E-state index contributed by atoms with van der Waals surface area (Å²) < 4.78 is 83.8. The van der Waals surface area contributed by atoms with Crippen LogP contribution in [0.15, 0.2) is 61.2 Å². The molecule has 0 aliphatic carbocycles. The Kier molecular flexibility index (Phi) is 14.0. The van der Waals surface area contributed by atoms with E-state index in [-0.39, 0.29) is 47.2 Å². The Morgan fingerprint density at radius 3 is 1.21 bits per heavy atom. The largest absolute Gasteiger partial charge is 0.573 e. The lowest BCUT2D eigenvalue weighted by atomic mass is 9.98. The maximum atomic E-state index is 12.6. The third-order valence-electron chi connectivity index (χ3n) is 10.1. The maximum absolute atomic E-state index is 12.6. The van der Waals surface area contributed by atoms with E-state index in [2.05, 4.69) is 29.4 Å². The lowest BCUT2D eigenvalue weighted by Gasteiger charge is -2.38. The van der Waals surface area contributed by atoms with Crippen molar-refractivity contribution in [1.82, 2.24) is 29.7 Å². The summed E-state index contributed by atoms with van der Waals surface area (Å²) in [6.45, 7) is 13.1. The topological polar surface area (TPSA) is 111 Å². The van der Waals surface area contributed by atoms with E-state index in [4.69, 9.17) is 0 Å². The SMILES string of the molecule is CC(C)c1cc(CCc2ncc(C(=O)N3CC[C@@H]3C)cn2)cc(OC(F)(F)F)c1.CC(C)c1cc(CCc2ncc(C(=O)N3CC[C@H]3C)cn2)cc(OC(F)(F)F)c1. The van der Waals surface area contributed by atoms with Crippen LogP contribution in [0.3, 0.4) is 0 Å². The van der Waals surface area contributed by atoms with Crippen LogP contribution in [0.1, 0.15) is 121 Å². The molecule has 2 amide bonds. The zero-order chi connectivity index (χ0) is 42.4. The highest BCUT2D eigenvalue weighted by atomic mass is 19.4. The first-order valence-corrected chi connectivity index (χ1v) is 19.3. The number of aromatic nitrogens is 4. The van der Waals surface area contributed by atoms with Gasteiger partial charge in [0.2, 0.25) is 0 Å². The van der Waals surface area contributed by atoms with Crippen LogP contribution in [0.4, 0.5) is 26.3 Å². The summed E-state index contributed by atoms with van der Waals surface area (Å²) in [5, 5.41) is 0. The number of carbonyl (C=O) groups excluding carboxylic acids is 2. The van der Waals surface area contributed by atoms with Gasteiger partial charge in [-0.2, -0.15) is 0 Å². The van der Waals surface area contributed by atoms with Crippen LogP contribution < -0.4 is 9.47 Å². The van der Waals surface area contributed by atoms with Gasteiger partial charge in [-0.15, -0.1) is 26.3 Å². The third kappa shape index (κ3) is 12.4. The van der Waals surface area contributed by atoms with Gasteiger partial charge in [0.25, 0.3) is 11.8 Å². The Hall–Kier alpha value is -5.28. The zero-order valence-electron chi connectivity index (χ0n) is 33.3. The van der Waals surface area contributed by atoms with Gasteiger partial charge in [0.05, 0.1) is 11.1 Å². The van der Waals surface area contributed by atoms with Crippen LogP contribution in [0.25, 0.3) is 0 Å². The number of alkyl halides is 6. The predicted octanol–water partition coefficient (Wildman–Crippen LogP) is 9.04. The van der Waals surface area contributed by atoms with Gasteiger partial charge in [-0.25, -0.2) is 19.9 Å². The Balaban J connectivity index is 0.000000221. The summed E-state index contributed by atoms with van der Waals surface area (Å²) in [5.74, 6) is 0.612. The number of likely N-dealkylation sites (tertiary alicyclic amines) is 2. The molecule has 16 heteroatoms. The van der Waals surface area contributed by atoms with Crippen molar-refractivity contribution in [2.24, 2.45) is 0 Å². The molecule has 4 aromatic rings. The number of hydrogen-bond acceptors (Lipinski definition) is 8. The molecule has 10 nitrogen and oxygen atoms in total. The minimum atomic E-state index is -4.73. The molecule has 312 valence electrons.